The van der Waals surface area contributed by atoms with Gasteiger partial charge >= 0.3 is 0 Å². The normalized spacial score (nSPS) is 14.4. The van der Waals surface area contributed by atoms with E-state index in [1.165, 1.54) is 7.11 Å². The lowest BCUT2D eigenvalue weighted by Crippen LogP contribution is -2.36. The Morgan fingerprint density at radius 1 is 1.05 bits per heavy atom. The number of benzene rings is 2. The van der Waals surface area contributed by atoms with Crippen LogP contribution in [0.5, 0.6) is 11.5 Å². The minimum atomic E-state index is -0.516. The summed E-state index contributed by atoms with van der Waals surface area (Å²) in [6.07, 6.45) is 4.99. The molecule has 1 saturated heterocycles. The summed E-state index contributed by atoms with van der Waals surface area (Å²) in [6.45, 7) is 4.16. The Morgan fingerprint density at radius 3 is 2.46 bits per heavy atom. The van der Waals surface area contributed by atoms with E-state index in [4.69, 9.17) is 9.47 Å². The van der Waals surface area contributed by atoms with E-state index in [1.807, 2.05) is 24.3 Å². The average molecular weight is 518 g/mol. The number of anilines is 1. The predicted octanol–water partition coefficient (Wildman–Crippen LogP) is 5.47. The molecule has 1 fully saturated rings. The zero-order chi connectivity index (χ0) is 26.4. The number of nitrogens with zero attached hydrogens (tertiary/aromatic N) is 2. The summed E-state index contributed by atoms with van der Waals surface area (Å²) in [4.78, 5) is 43.0. The van der Waals surface area contributed by atoms with Crippen LogP contribution in [0, 0.1) is 0 Å². The van der Waals surface area contributed by atoms with Crippen LogP contribution in [0.25, 0.3) is 6.08 Å². The second-order valence-electron chi connectivity index (χ2n) is 8.65. The van der Waals surface area contributed by atoms with Gasteiger partial charge in [-0.1, -0.05) is 32.0 Å². The molecule has 1 aromatic heterocycles. The van der Waals surface area contributed by atoms with Crippen LogP contribution in [0.15, 0.2) is 71.9 Å². The van der Waals surface area contributed by atoms with Gasteiger partial charge in [0.15, 0.2) is 11.5 Å². The number of imide groups is 1. The molecule has 1 aliphatic heterocycles. The Hall–Kier alpha value is -4.11. The van der Waals surface area contributed by atoms with E-state index in [1.54, 1.807) is 48.8 Å². The molecule has 3 aromatic rings. The molecule has 2 heterocycles. The number of carbonyl (C=O) groups excluding carboxylic acids is 3. The summed E-state index contributed by atoms with van der Waals surface area (Å²) < 4.78 is 11.3. The molecule has 2 aromatic carbocycles. The molecule has 0 aliphatic carbocycles. The van der Waals surface area contributed by atoms with Crippen molar-refractivity contribution in [1.29, 1.82) is 0 Å². The summed E-state index contributed by atoms with van der Waals surface area (Å²) in [7, 11) is 1.53. The highest BCUT2D eigenvalue weighted by Crippen LogP contribution is 2.34. The van der Waals surface area contributed by atoms with Gasteiger partial charge in [-0.3, -0.25) is 24.3 Å². The van der Waals surface area contributed by atoms with Gasteiger partial charge in [0, 0.05) is 18.1 Å². The lowest BCUT2D eigenvalue weighted by Gasteiger charge is -2.13. The third kappa shape index (κ3) is 6.56. The van der Waals surface area contributed by atoms with Crippen LogP contribution in [0.2, 0.25) is 0 Å². The van der Waals surface area contributed by atoms with Crippen LogP contribution in [0.3, 0.4) is 0 Å². The number of amides is 3. The van der Waals surface area contributed by atoms with Crippen LogP contribution >= 0.6 is 11.8 Å². The molecule has 8 nitrogen and oxygen atoms in total. The number of rotatable bonds is 9. The molecule has 0 spiro atoms. The summed E-state index contributed by atoms with van der Waals surface area (Å²) in [5.41, 5.74) is 3.38. The average Bonchev–Trinajstić information content (AvgIpc) is 3.15. The van der Waals surface area contributed by atoms with Crippen molar-refractivity contribution in [2.45, 2.75) is 26.4 Å². The molecule has 9 heteroatoms. The number of nitrogens with one attached hydrogen (secondary N) is 1. The second kappa shape index (κ2) is 11.7. The second-order valence-corrected chi connectivity index (χ2v) is 9.64. The SMILES string of the molecule is COc1cc(/C=C2/SC(=O)N(CC(=O)Nc3ccc(C(C)C)cc3)C2=O)ccc1OCc1ccncc1. The predicted molar refractivity (Wildman–Crippen MR) is 143 cm³/mol. The van der Waals surface area contributed by atoms with E-state index in [9.17, 15) is 14.4 Å². The zero-order valence-electron chi connectivity index (χ0n) is 20.8. The van der Waals surface area contributed by atoms with Gasteiger partial charge in [-0.15, -0.1) is 0 Å². The molecule has 1 N–H and O–H groups in total. The van der Waals surface area contributed by atoms with Crippen molar-refractivity contribution in [2.75, 3.05) is 19.0 Å². The summed E-state index contributed by atoms with van der Waals surface area (Å²) in [5, 5.41) is 2.24. The maximum absolute atomic E-state index is 12.9. The van der Waals surface area contributed by atoms with Gasteiger partial charge in [0.2, 0.25) is 5.91 Å². The molecule has 0 saturated carbocycles. The Labute approximate surface area is 219 Å². The van der Waals surface area contributed by atoms with E-state index in [0.29, 0.717) is 35.3 Å². The molecule has 0 atom stereocenters. The third-order valence-corrected chi connectivity index (χ3v) is 6.57. The summed E-state index contributed by atoms with van der Waals surface area (Å²) in [5.74, 6) is 0.450. The van der Waals surface area contributed by atoms with E-state index in [0.717, 1.165) is 27.8 Å². The fourth-order valence-corrected chi connectivity index (χ4v) is 4.45. The van der Waals surface area contributed by atoms with Gasteiger partial charge in [-0.25, -0.2) is 0 Å². The number of carbonyl (C=O) groups is 3. The number of ether oxygens (including phenoxy) is 2. The molecule has 4 rings (SSSR count). The maximum atomic E-state index is 12.9. The number of pyridine rings is 1. The van der Waals surface area contributed by atoms with Gasteiger partial charge in [-0.2, -0.15) is 0 Å². The molecular weight excluding hydrogens is 490 g/mol. The molecule has 0 unspecified atom stereocenters. The van der Waals surface area contributed by atoms with Crippen molar-refractivity contribution in [3.63, 3.8) is 0 Å². The lowest BCUT2D eigenvalue weighted by molar-refractivity contribution is -0.127. The third-order valence-electron chi connectivity index (χ3n) is 5.67. The fraction of sp³-hybridized carbons (Fsp3) is 0.214. The molecule has 0 bridgehead atoms. The fourth-order valence-electron chi connectivity index (χ4n) is 3.62. The van der Waals surface area contributed by atoms with Crippen molar-refractivity contribution in [3.8, 4) is 11.5 Å². The first-order valence-electron chi connectivity index (χ1n) is 11.7. The Kier molecular flexibility index (Phi) is 8.25. The molecule has 190 valence electrons. The number of hydrogen-bond donors (Lipinski definition) is 1. The Balaban J connectivity index is 1.40. The zero-order valence-corrected chi connectivity index (χ0v) is 21.6. The van der Waals surface area contributed by atoms with Gasteiger partial charge in [-0.05, 0) is 76.8 Å². The topological polar surface area (TPSA) is 97.8 Å². The molecule has 3 amide bonds. The highest BCUT2D eigenvalue weighted by molar-refractivity contribution is 8.18. The van der Waals surface area contributed by atoms with Crippen LogP contribution in [-0.2, 0) is 16.2 Å². The Morgan fingerprint density at radius 2 is 1.78 bits per heavy atom. The van der Waals surface area contributed by atoms with Crippen LogP contribution in [0.4, 0.5) is 10.5 Å². The molecule has 0 radical (unpaired) electrons. The molecular formula is C28H27N3O5S. The number of methoxy groups -OCH3 is 1. The van der Waals surface area contributed by atoms with Crippen molar-refractivity contribution < 1.29 is 23.9 Å². The number of aromatic nitrogens is 1. The van der Waals surface area contributed by atoms with Crippen LogP contribution in [-0.4, -0.2) is 40.6 Å². The van der Waals surface area contributed by atoms with E-state index >= 15 is 0 Å². The minimum absolute atomic E-state index is 0.228. The van der Waals surface area contributed by atoms with Crippen molar-refractivity contribution in [2.24, 2.45) is 0 Å². The van der Waals surface area contributed by atoms with E-state index in [2.05, 4.69) is 24.1 Å². The first kappa shape index (κ1) is 26.0. The van der Waals surface area contributed by atoms with Gasteiger partial charge in [0.1, 0.15) is 13.2 Å². The number of thioether (sulfide) groups is 1. The van der Waals surface area contributed by atoms with E-state index in [-0.39, 0.29) is 11.4 Å². The van der Waals surface area contributed by atoms with Crippen molar-refractivity contribution >= 4 is 40.6 Å². The highest BCUT2D eigenvalue weighted by Gasteiger charge is 2.36. The van der Waals surface area contributed by atoms with Gasteiger partial charge in [0.05, 0.1) is 12.0 Å². The van der Waals surface area contributed by atoms with Crippen LogP contribution < -0.4 is 14.8 Å². The standard InChI is InChI=1S/C28H27N3O5S/c1-18(2)21-5-7-22(8-6-21)30-26(32)16-31-27(33)25(37-28(31)34)15-20-4-9-23(24(14-20)35-3)36-17-19-10-12-29-13-11-19/h4-15,18H,16-17H2,1-3H3,(H,30,32)/b25-15+. The van der Waals surface area contributed by atoms with Crippen molar-refractivity contribution in [1.82, 2.24) is 9.88 Å². The monoisotopic (exact) mass is 517 g/mol. The molecule has 37 heavy (non-hydrogen) atoms. The smallest absolute Gasteiger partial charge is 0.294 e. The quantitative estimate of drug-likeness (QED) is 0.376. The summed E-state index contributed by atoms with van der Waals surface area (Å²) >= 11 is 0.796. The van der Waals surface area contributed by atoms with Gasteiger partial charge < -0.3 is 14.8 Å². The Bertz CT molecular complexity index is 1320. The van der Waals surface area contributed by atoms with Crippen molar-refractivity contribution in [3.05, 3.63) is 88.6 Å². The molecule has 1 aliphatic rings. The lowest BCUT2D eigenvalue weighted by atomic mass is 10.0. The largest absolute Gasteiger partial charge is 0.493 e. The van der Waals surface area contributed by atoms with Gasteiger partial charge in [0.25, 0.3) is 11.1 Å². The minimum Gasteiger partial charge on any atom is -0.493 e. The highest BCUT2D eigenvalue weighted by atomic mass is 32.2. The first-order chi connectivity index (χ1) is 17.8. The van der Waals surface area contributed by atoms with Crippen LogP contribution in [0.1, 0.15) is 36.5 Å². The first-order valence-corrected chi connectivity index (χ1v) is 12.5. The number of hydrogen-bond acceptors (Lipinski definition) is 7. The summed E-state index contributed by atoms with van der Waals surface area (Å²) in [6, 6.07) is 16.4. The maximum Gasteiger partial charge on any atom is 0.294 e. The van der Waals surface area contributed by atoms with E-state index < -0.39 is 17.1 Å².